The zero-order valence-corrected chi connectivity index (χ0v) is 11.0. The zero-order valence-electron chi connectivity index (χ0n) is 11.0. The molecule has 1 aliphatic heterocycles. The van der Waals surface area contributed by atoms with E-state index in [0.717, 1.165) is 5.56 Å². The highest BCUT2D eigenvalue weighted by atomic mass is 16.5. The van der Waals surface area contributed by atoms with E-state index in [4.69, 9.17) is 14.9 Å². The van der Waals surface area contributed by atoms with E-state index in [-0.39, 0.29) is 11.9 Å². The summed E-state index contributed by atoms with van der Waals surface area (Å²) in [6.07, 6.45) is 0. The van der Waals surface area contributed by atoms with Gasteiger partial charge in [0.1, 0.15) is 17.6 Å². The number of urea groups is 1. The molecule has 1 aromatic carbocycles. The Morgan fingerprint density at radius 3 is 2.79 bits per heavy atom. The van der Waals surface area contributed by atoms with Gasteiger partial charge in [-0.25, -0.2) is 4.79 Å². The first-order valence-corrected chi connectivity index (χ1v) is 5.97. The van der Waals surface area contributed by atoms with Crippen LogP contribution in [0, 0.1) is 5.41 Å². The van der Waals surface area contributed by atoms with Crippen LogP contribution in [0.25, 0.3) is 0 Å². The van der Waals surface area contributed by atoms with Gasteiger partial charge in [-0.3, -0.25) is 10.7 Å². The van der Waals surface area contributed by atoms with Gasteiger partial charge in [-0.1, -0.05) is 18.2 Å². The maximum atomic E-state index is 11.9. The summed E-state index contributed by atoms with van der Waals surface area (Å²) in [5.41, 5.74) is 0.796. The van der Waals surface area contributed by atoms with Crippen molar-refractivity contribution >= 4 is 11.9 Å². The van der Waals surface area contributed by atoms with Crippen LogP contribution in [0.15, 0.2) is 24.3 Å². The van der Waals surface area contributed by atoms with Gasteiger partial charge in [0.2, 0.25) is 0 Å². The van der Waals surface area contributed by atoms with Gasteiger partial charge in [0.05, 0.1) is 13.7 Å². The van der Waals surface area contributed by atoms with Crippen molar-refractivity contribution in [3.8, 4) is 5.75 Å². The third-order valence-corrected chi connectivity index (χ3v) is 3.06. The number of carbonyl (C=O) groups is 1. The quantitative estimate of drug-likeness (QED) is 0.843. The van der Waals surface area contributed by atoms with E-state index in [9.17, 15) is 4.79 Å². The summed E-state index contributed by atoms with van der Waals surface area (Å²) in [6.45, 7) is 0.847. The first kappa shape index (κ1) is 13.4. The molecule has 0 saturated carbocycles. The summed E-state index contributed by atoms with van der Waals surface area (Å²) in [4.78, 5) is 13.4. The highest BCUT2D eigenvalue weighted by molar-refractivity contribution is 6.06. The third-order valence-electron chi connectivity index (χ3n) is 3.06. The van der Waals surface area contributed by atoms with Crippen molar-refractivity contribution in [1.82, 2.24) is 10.2 Å². The van der Waals surface area contributed by atoms with Gasteiger partial charge in [0.15, 0.2) is 0 Å². The minimum Gasteiger partial charge on any atom is -0.496 e. The lowest BCUT2D eigenvalue weighted by molar-refractivity contribution is 0.150. The molecule has 1 fully saturated rings. The predicted octanol–water partition coefficient (Wildman–Crippen LogP) is 1.39. The topological polar surface area (TPSA) is 74.7 Å². The van der Waals surface area contributed by atoms with E-state index in [1.54, 1.807) is 19.1 Å². The Hall–Kier alpha value is -2.08. The van der Waals surface area contributed by atoms with Crippen LogP contribution in [0.1, 0.15) is 11.6 Å². The van der Waals surface area contributed by atoms with Crippen LogP contribution < -0.4 is 10.1 Å². The van der Waals surface area contributed by atoms with Crippen LogP contribution in [0.3, 0.4) is 0 Å². The molecule has 19 heavy (non-hydrogen) atoms. The van der Waals surface area contributed by atoms with Crippen molar-refractivity contribution in [2.24, 2.45) is 0 Å². The van der Waals surface area contributed by atoms with Crippen molar-refractivity contribution in [2.75, 3.05) is 27.4 Å². The Morgan fingerprint density at radius 1 is 1.37 bits per heavy atom. The van der Waals surface area contributed by atoms with Crippen LogP contribution in [0.2, 0.25) is 0 Å². The normalized spacial score (nSPS) is 18.6. The number of benzene rings is 1. The largest absolute Gasteiger partial charge is 0.496 e. The molecule has 1 atom stereocenters. The molecule has 2 N–H and O–H groups in total. The lowest BCUT2D eigenvalue weighted by atomic mass is 10.0. The second kappa shape index (κ2) is 5.71. The number of hydrogen-bond acceptors (Lipinski definition) is 4. The van der Waals surface area contributed by atoms with Gasteiger partial charge in [0.25, 0.3) is 0 Å². The lowest BCUT2D eigenvalue weighted by Crippen LogP contribution is -2.32. The SMILES string of the molecule is COCCN1C(=O)NC(=N)C1c1ccccc1OC. The molecule has 1 heterocycles. The first-order valence-electron chi connectivity index (χ1n) is 5.97. The van der Waals surface area contributed by atoms with E-state index in [2.05, 4.69) is 5.32 Å². The van der Waals surface area contributed by atoms with Crippen LogP contribution in [0.4, 0.5) is 4.79 Å². The predicted molar refractivity (Wildman–Crippen MR) is 70.6 cm³/mol. The maximum absolute atomic E-state index is 11.9. The molecule has 0 radical (unpaired) electrons. The Labute approximate surface area is 111 Å². The number of methoxy groups -OCH3 is 2. The van der Waals surface area contributed by atoms with Crippen molar-refractivity contribution in [3.05, 3.63) is 29.8 Å². The van der Waals surface area contributed by atoms with E-state index in [0.29, 0.717) is 18.9 Å². The smallest absolute Gasteiger partial charge is 0.323 e. The Kier molecular flexibility index (Phi) is 4.01. The molecule has 102 valence electrons. The van der Waals surface area contributed by atoms with Gasteiger partial charge in [-0.15, -0.1) is 0 Å². The molecule has 2 rings (SSSR count). The van der Waals surface area contributed by atoms with Crippen molar-refractivity contribution in [1.29, 1.82) is 5.41 Å². The number of para-hydroxylation sites is 1. The number of nitrogens with one attached hydrogen (secondary N) is 2. The molecular formula is C13H17N3O3. The second-order valence-electron chi connectivity index (χ2n) is 4.17. The molecule has 1 aromatic rings. The molecule has 0 aliphatic carbocycles. The van der Waals surface area contributed by atoms with Crippen molar-refractivity contribution < 1.29 is 14.3 Å². The lowest BCUT2D eigenvalue weighted by Gasteiger charge is -2.23. The van der Waals surface area contributed by atoms with Gasteiger partial charge < -0.3 is 14.4 Å². The number of amidine groups is 1. The van der Waals surface area contributed by atoms with Gasteiger partial charge >= 0.3 is 6.03 Å². The number of rotatable bonds is 5. The molecule has 1 saturated heterocycles. The van der Waals surface area contributed by atoms with Crippen LogP contribution in [0.5, 0.6) is 5.75 Å². The number of carbonyl (C=O) groups excluding carboxylic acids is 1. The van der Waals surface area contributed by atoms with Gasteiger partial charge in [-0.05, 0) is 6.07 Å². The fourth-order valence-corrected chi connectivity index (χ4v) is 2.16. The van der Waals surface area contributed by atoms with Crippen LogP contribution >= 0.6 is 0 Å². The molecule has 6 heteroatoms. The van der Waals surface area contributed by atoms with E-state index < -0.39 is 6.04 Å². The molecule has 0 aromatic heterocycles. The van der Waals surface area contributed by atoms with E-state index in [1.165, 1.54) is 0 Å². The highest BCUT2D eigenvalue weighted by Crippen LogP contribution is 2.32. The van der Waals surface area contributed by atoms with Gasteiger partial charge in [-0.2, -0.15) is 0 Å². The monoisotopic (exact) mass is 263 g/mol. The Balaban J connectivity index is 2.33. The molecule has 0 bridgehead atoms. The molecular weight excluding hydrogens is 246 g/mol. The summed E-state index contributed by atoms with van der Waals surface area (Å²) in [7, 11) is 3.16. The fourth-order valence-electron chi connectivity index (χ4n) is 2.16. The summed E-state index contributed by atoms with van der Waals surface area (Å²) in [5, 5.41) is 10.5. The molecule has 2 amide bonds. The number of ether oxygens (including phenoxy) is 2. The van der Waals surface area contributed by atoms with Crippen molar-refractivity contribution in [3.63, 3.8) is 0 Å². The summed E-state index contributed by atoms with van der Waals surface area (Å²) in [5.74, 6) is 0.821. The summed E-state index contributed by atoms with van der Waals surface area (Å²) < 4.78 is 10.3. The van der Waals surface area contributed by atoms with E-state index in [1.807, 2.05) is 24.3 Å². The first-order chi connectivity index (χ1) is 9.19. The minimum absolute atomic E-state index is 0.158. The van der Waals surface area contributed by atoms with Crippen LogP contribution in [-0.4, -0.2) is 44.1 Å². The third kappa shape index (κ3) is 2.53. The minimum atomic E-state index is -0.446. The average molecular weight is 263 g/mol. The Bertz CT molecular complexity index is 490. The summed E-state index contributed by atoms with van der Waals surface area (Å²) in [6, 6.07) is 6.67. The maximum Gasteiger partial charge on any atom is 0.323 e. The molecule has 0 spiro atoms. The van der Waals surface area contributed by atoms with E-state index >= 15 is 0 Å². The zero-order chi connectivity index (χ0) is 13.8. The van der Waals surface area contributed by atoms with Crippen LogP contribution in [-0.2, 0) is 4.74 Å². The van der Waals surface area contributed by atoms with Gasteiger partial charge in [0, 0.05) is 19.2 Å². The number of amides is 2. The molecule has 1 aliphatic rings. The number of hydrogen-bond donors (Lipinski definition) is 2. The molecule has 1 unspecified atom stereocenters. The molecule has 6 nitrogen and oxygen atoms in total. The Morgan fingerprint density at radius 2 is 2.11 bits per heavy atom. The summed E-state index contributed by atoms with van der Waals surface area (Å²) >= 11 is 0. The average Bonchev–Trinajstić information content (AvgIpc) is 2.70. The highest BCUT2D eigenvalue weighted by Gasteiger charge is 2.37. The number of nitrogens with zero attached hydrogens (tertiary/aromatic N) is 1. The van der Waals surface area contributed by atoms with Crippen molar-refractivity contribution in [2.45, 2.75) is 6.04 Å². The second-order valence-corrected chi connectivity index (χ2v) is 4.17. The standard InChI is InChI=1S/C13H17N3O3/c1-18-8-7-16-11(12(14)15-13(16)17)9-5-3-4-6-10(9)19-2/h3-6,11H,7-8H2,1-2H3,(H2,14,15,17). The fraction of sp³-hybridized carbons (Fsp3) is 0.385.